The molecule has 0 radical (unpaired) electrons. The van der Waals surface area contributed by atoms with Crippen molar-refractivity contribution >= 4 is 27.6 Å². The first-order chi connectivity index (χ1) is 12.8. The summed E-state index contributed by atoms with van der Waals surface area (Å²) in [6, 6.07) is 16.8. The van der Waals surface area contributed by atoms with Crippen molar-refractivity contribution in [3.63, 3.8) is 0 Å². The van der Waals surface area contributed by atoms with Gasteiger partial charge >= 0.3 is 6.09 Å². The SMILES string of the molecule is CNCc1c2ccccc2c(CN(C)C(=O)OC(C)(C)C)c2ccccc12. The Morgan fingerprint density at radius 2 is 1.37 bits per heavy atom. The molecule has 0 saturated carbocycles. The second-order valence-corrected chi connectivity index (χ2v) is 7.92. The fraction of sp³-hybridized carbons (Fsp3) is 0.348. The first-order valence-electron chi connectivity index (χ1n) is 9.31. The maximum Gasteiger partial charge on any atom is 0.410 e. The quantitative estimate of drug-likeness (QED) is 0.657. The Hall–Kier alpha value is -2.59. The first kappa shape index (κ1) is 19.2. The lowest BCUT2D eigenvalue weighted by Crippen LogP contribution is -2.33. The molecule has 0 saturated heterocycles. The van der Waals surface area contributed by atoms with Crippen LogP contribution in [0.2, 0.25) is 0 Å². The van der Waals surface area contributed by atoms with Gasteiger partial charge in [-0.2, -0.15) is 0 Å². The molecule has 4 nitrogen and oxygen atoms in total. The third-order valence-electron chi connectivity index (χ3n) is 4.61. The zero-order valence-electron chi connectivity index (χ0n) is 16.8. The predicted molar refractivity (Wildman–Crippen MR) is 112 cm³/mol. The van der Waals surface area contributed by atoms with Crippen LogP contribution in [0.3, 0.4) is 0 Å². The van der Waals surface area contributed by atoms with Gasteiger partial charge in [0.25, 0.3) is 0 Å². The summed E-state index contributed by atoms with van der Waals surface area (Å²) in [6.45, 7) is 6.95. The highest BCUT2D eigenvalue weighted by atomic mass is 16.6. The number of rotatable bonds is 4. The Bertz CT molecular complexity index is 916. The molecule has 3 rings (SSSR count). The summed E-state index contributed by atoms with van der Waals surface area (Å²) in [5.74, 6) is 0. The summed E-state index contributed by atoms with van der Waals surface area (Å²) < 4.78 is 5.54. The van der Waals surface area contributed by atoms with Crippen molar-refractivity contribution in [2.45, 2.75) is 39.5 Å². The Morgan fingerprint density at radius 3 is 1.78 bits per heavy atom. The van der Waals surface area contributed by atoms with Crippen LogP contribution in [0.4, 0.5) is 4.79 Å². The Morgan fingerprint density at radius 1 is 0.926 bits per heavy atom. The average Bonchev–Trinajstić information content (AvgIpc) is 2.62. The number of nitrogens with one attached hydrogen (secondary N) is 1. The number of carbonyl (C=O) groups is 1. The molecule has 0 aliphatic heterocycles. The van der Waals surface area contributed by atoms with Gasteiger partial charge in [-0.15, -0.1) is 0 Å². The van der Waals surface area contributed by atoms with Crippen molar-refractivity contribution in [3.05, 3.63) is 59.7 Å². The maximum absolute atomic E-state index is 12.5. The molecule has 0 aliphatic carbocycles. The predicted octanol–water partition coefficient (Wildman–Crippen LogP) is 5.08. The highest BCUT2D eigenvalue weighted by molar-refractivity contribution is 6.05. The van der Waals surface area contributed by atoms with Gasteiger partial charge in [0.1, 0.15) is 5.60 Å². The minimum Gasteiger partial charge on any atom is -0.444 e. The van der Waals surface area contributed by atoms with Gasteiger partial charge in [-0.05, 0) is 60.5 Å². The van der Waals surface area contributed by atoms with Crippen molar-refractivity contribution in [2.75, 3.05) is 14.1 Å². The third-order valence-corrected chi connectivity index (χ3v) is 4.61. The maximum atomic E-state index is 12.5. The lowest BCUT2D eigenvalue weighted by atomic mass is 9.91. The van der Waals surface area contributed by atoms with E-state index in [1.165, 1.54) is 27.1 Å². The minimum absolute atomic E-state index is 0.310. The van der Waals surface area contributed by atoms with Crippen LogP contribution < -0.4 is 5.32 Å². The average molecular weight is 364 g/mol. The van der Waals surface area contributed by atoms with Crippen LogP contribution in [-0.2, 0) is 17.8 Å². The molecule has 3 aromatic rings. The zero-order chi connectivity index (χ0) is 19.6. The number of amides is 1. The van der Waals surface area contributed by atoms with Crippen LogP contribution in [0.5, 0.6) is 0 Å². The molecule has 3 aromatic carbocycles. The molecule has 0 aromatic heterocycles. The number of ether oxygens (including phenoxy) is 1. The summed E-state index contributed by atoms with van der Waals surface area (Å²) in [4.78, 5) is 14.1. The Balaban J connectivity index is 2.14. The van der Waals surface area contributed by atoms with Crippen molar-refractivity contribution in [2.24, 2.45) is 0 Å². The van der Waals surface area contributed by atoms with Crippen LogP contribution in [-0.4, -0.2) is 30.7 Å². The van der Waals surface area contributed by atoms with Gasteiger partial charge < -0.3 is 15.0 Å². The Labute approximate surface area is 161 Å². The summed E-state index contributed by atoms with van der Waals surface area (Å²) in [7, 11) is 3.76. The number of hydrogen-bond acceptors (Lipinski definition) is 3. The summed E-state index contributed by atoms with van der Waals surface area (Å²) in [6.07, 6.45) is -0.310. The highest BCUT2D eigenvalue weighted by Crippen LogP contribution is 2.33. The summed E-state index contributed by atoms with van der Waals surface area (Å²) in [5.41, 5.74) is 1.92. The molecule has 0 aliphatic rings. The van der Waals surface area contributed by atoms with Crippen LogP contribution in [0.15, 0.2) is 48.5 Å². The van der Waals surface area contributed by atoms with E-state index in [-0.39, 0.29) is 6.09 Å². The fourth-order valence-corrected chi connectivity index (χ4v) is 3.49. The van der Waals surface area contributed by atoms with E-state index < -0.39 is 5.60 Å². The van der Waals surface area contributed by atoms with Gasteiger partial charge in [0.15, 0.2) is 0 Å². The van der Waals surface area contributed by atoms with Crippen molar-refractivity contribution in [3.8, 4) is 0 Å². The molecule has 0 fully saturated rings. The van der Waals surface area contributed by atoms with Crippen molar-refractivity contribution in [1.82, 2.24) is 10.2 Å². The molecule has 1 N–H and O–H groups in total. The number of fused-ring (bicyclic) bond motifs is 2. The van der Waals surface area contributed by atoms with E-state index in [1.54, 1.807) is 11.9 Å². The zero-order valence-corrected chi connectivity index (χ0v) is 16.8. The fourth-order valence-electron chi connectivity index (χ4n) is 3.49. The van der Waals surface area contributed by atoms with E-state index in [9.17, 15) is 4.79 Å². The van der Waals surface area contributed by atoms with Crippen molar-refractivity contribution in [1.29, 1.82) is 0 Å². The number of carbonyl (C=O) groups excluding carboxylic acids is 1. The van der Waals surface area contributed by atoms with Gasteiger partial charge in [0.2, 0.25) is 0 Å². The lowest BCUT2D eigenvalue weighted by molar-refractivity contribution is 0.0286. The molecule has 0 bridgehead atoms. The molecule has 0 atom stereocenters. The number of nitrogens with zero attached hydrogens (tertiary/aromatic N) is 1. The van der Waals surface area contributed by atoms with E-state index in [4.69, 9.17) is 4.74 Å². The smallest absolute Gasteiger partial charge is 0.410 e. The van der Waals surface area contributed by atoms with Crippen LogP contribution >= 0.6 is 0 Å². The highest BCUT2D eigenvalue weighted by Gasteiger charge is 2.21. The molecule has 4 heteroatoms. The largest absolute Gasteiger partial charge is 0.444 e. The van der Waals surface area contributed by atoms with E-state index in [2.05, 4.69) is 53.8 Å². The van der Waals surface area contributed by atoms with Gasteiger partial charge in [-0.25, -0.2) is 4.79 Å². The number of benzene rings is 3. The lowest BCUT2D eigenvalue weighted by Gasteiger charge is -2.26. The topological polar surface area (TPSA) is 41.6 Å². The molecule has 0 heterocycles. The molecular formula is C23H28N2O2. The molecule has 27 heavy (non-hydrogen) atoms. The van der Waals surface area contributed by atoms with Crippen LogP contribution in [0, 0.1) is 0 Å². The third kappa shape index (κ3) is 4.06. The summed E-state index contributed by atoms with van der Waals surface area (Å²) >= 11 is 0. The number of hydrogen-bond donors (Lipinski definition) is 1. The van der Waals surface area contributed by atoms with E-state index in [0.29, 0.717) is 6.54 Å². The Kier molecular flexibility index (Phi) is 5.38. The normalized spacial score (nSPS) is 11.7. The van der Waals surface area contributed by atoms with Crippen LogP contribution in [0.1, 0.15) is 31.9 Å². The van der Waals surface area contributed by atoms with E-state index in [1.807, 2.05) is 27.8 Å². The molecular weight excluding hydrogens is 336 g/mol. The standard InChI is InChI=1S/C23H28N2O2/c1-23(2,3)27-22(26)25(5)15-21-18-12-8-6-10-16(18)20(14-24-4)17-11-7-9-13-19(17)21/h6-13,24H,14-15H2,1-5H3. The van der Waals surface area contributed by atoms with Gasteiger partial charge in [-0.1, -0.05) is 48.5 Å². The second kappa shape index (κ2) is 7.57. The first-order valence-corrected chi connectivity index (χ1v) is 9.31. The second-order valence-electron chi connectivity index (χ2n) is 7.92. The molecule has 0 unspecified atom stereocenters. The van der Waals surface area contributed by atoms with E-state index >= 15 is 0 Å². The van der Waals surface area contributed by atoms with Gasteiger partial charge in [-0.3, -0.25) is 0 Å². The molecule has 0 spiro atoms. The monoisotopic (exact) mass is 364 g/mol. The van der Waals surface area contributed by atoms with Crippen LogP contribution in [0.25, 0.3) is 21.5 Å². The minimum atomic E-state index is -0.508. The van der Waals surface area contributed by atoms with Gasteiger partial charge in [0, 0.05) is 20.1 Å². The molecule has 142 valence electrons. The van der Waals surface area contributed by atoms with Crippen molar-refractivity contribution < 1.29 is 9.53 Å². The summed E-state index contributed by atoms with van der Waals surface area (Å²) in [5, 5.41) is 8.08. The van der Waals surface area contributed by atoms with Gasteiger partial charge in [0.05, 0.1) is 0 Å². The van der Waals surface area contributed by atoms with E-state index in [0.717, 1.165) is 12.1 Å². The molecule has 1 amide bonds.